The van der Waals surface area contributed by atoms with Crippen LogP contribution in [0.2, 0.25) is 5.02 Å². The number of benzene rings is 1. The molecule has 24 heavy (non-hydrogen) atoms. The summed E-state index contributed by atoms with van der Waals surface area (Å²) in [6, 6.07) is 5.52. The summed E-state index contributed by atoms with van der Waals surface area (Å²) in [7, 11) is 0. The van der Waals surface area contributed by atoms with Crippen LogP contribution in [0.1, 0.15) is 6.42 Å². The Hall–Kier alpha value is -2.25. The summed E-state index contributed by atoms with van der Waals surface area (Å²) in [5.74, 6) is -1.69. The summed E-state index contributed by atoms with van der Waals surface area (Å²) >= 11 is 6.18. The molecule has 124 valence electrons. The first-order chi connectivity index (χ1) is 11.6. The third-order valence-corrected chi connectivity index (χ3v) is 4.08. The van der Waals surface area contributed by atoms with Crippen LogP contribution in [-0.4, -0.2) is 33.9 Å². The molecule has 1 aromatic carbocycles. The minimum Gasteiger partial charge on any atom is -0.470 e. The lowest BCUT2D eigenvalue weighted by atomic mass is 10.1. The zero-order valence-corrected chi connectivity index (χ0v) is 13.1. The van der Waals surface area contributed by atoms with Crippen molar-refractivity contribution in [2.24, 2.45) is 0 Å². The van der Waals surface area contributed by atoms with E-state index in [-0.39, 0.29) is 17.5 Å². The third-order valence-electron chi connectivity index (χ3n) is 3.81. The number of hydrogen-bond acceptors (Lipinski definition) is 4. The molecular weight excluding hydrogens is 340 g/mol. The Morgan fingerprint density at radius 3 is 3.00 bits per heavy atom. The maximum absolute atomic E-state index is 14.1. The van der Waals surface area contributed by atoms with Crippen molar-refractivity contribution in [2.75, 3.05) is 13.2 Å². The van der Waals surface area contributed by atoms with E-state index in [0.29, 0.717) is 29.6 Å². The molecule has 0 radical (unpaired) electrons. The van der Waals surface area contributed by atoms with Crippen LogP contribution < -0.4 is 4.74 Å². The maximum atomic E-state index is 14.1. The fraction of sp³-hybridized carbons (Fsp3) is 0.250. The first kappa shape index (κ1) is 15.3. The Morgan fingerprint density at radius 1 is 1.33 bits per heavy atom. The zero-order valence-electron chi connectivity index (χ0n) is 12.4. The fourth-order valence-electron chi connectivity index (χ4n) is 2.61. The highest BCUT2D eigenvalue weighted by atomic mass is 35.5. The fourth-order valence-corrected chi connectivity index (χ4v) is 2.79. The van der Waals surface area contributed by atoms with E-state index in [1.165, 1.54) is 22.8 Å². The number of rotatable bonds is 3. The second-order valence-corrected chi connectivity index (χ2v) is 5.82. The molecular formula is C16H12ClF2N3O2. The van der Waals surface area contributed by atoms with E-state index in [0.717, 1.165) is 12.5 Å². The summed E-state index contributed by atoms with van der Waals surface area (Å²) in [4.78, 5) is 4.15. The van der Waals surface area contributed by atoms with Crippen LogP contribution >= 0.6 is 11.6 Å². The number of halogens is 3. The molecule has 1 aliphatic heterocycles. The van der Waals surface area contributed by atoms with Gasteiger partial charge in [-0.3, -0.25) is 0 Å². The summed E-state index contributed by atoms with van der Waals surface area (Å²) in [6.45, 7) is 1.08. The van der Waals surface area contributed by atoms with E-state index in [2.05, 4.69) is 10.1 Å². The topological polar surface area (TPSA) is 48.7 Å². The average molecular weight is 352 g/mol. The Labute approximate surface area is 140 Å². The number of nitrogens with zero attached hydrogens (tertiary/aromatic N) is 3. The van der Waals surface area contributed by atoms with Gasteiger partial charge in [0.2, 0.25) is 0 Å². The lowest BCUT2D eigenvalue weighted by Crippen LogP contribution is -2.17. The molecule has 0 saturated carbocycles. The van der Waals surface area contributed by atoms with E-state index in [4.69, 9.17) is 21.1 Å². The third kappa shape index (κ3) is 2.59. The lowest BCUT2D eigenvalue weighted by Gasteiger charge is -2.12. The van der Waals surface area contributed by atoms with Crippen molar-refractivity contribution in [2.45, 2.75) is 12.5 Å². The van der Waals surface area contributed by atoms with Gasteiger partial charge in [-0.2, -0.15) is 0 Å². The lowest BCUT2D eigenvalue weighted by molar-refractivity contribution is 0.137. The minimum absolute atomic E-state index is 0.0625. The molecule has 2 aromatic heterocycles. The Bertz CT molecular complexity index is 910. The molecule has 1 fully saturated rings. The van der Waals surface area contributed by atoms with Crippen molar-refractivity contribution in [1.29, 1.82) is 0 Å². The number of aromatic nitrogens is 3. The summed E-state index contributed by atoms with van der Waals surface area (Å²) in [5.41, 5.74) is 0.785. The van der Waals surface area contributed by atoms with Crippen LogP contribution in [0.5, 0.6) is 5.88 Å². The van der Waals surface area contributed by atoms with Crippen LogP contribution in [-0.2, 0) is 4.74 Å². The molecule has 3 aromatic rings. The smallest absolute Gasteiger partial charge is 0.251 e. The van der Waals surface area contributed by atoms with Gasteiger partial charge in [-0.15, -0.1) is 5.10 Å². The molecule has 0 aliphatic carbocycles. The van der Waals surface area contributed by atoms with Gasteiger partial charge in [-0.1, -0.05) is 17.7 Å². The van der Waals surface area contributed by atoms with E-state index in [9.17, 15) is 8.78 Å². The Balaban J connectivity index is 1.81. The van der Waals surface area contributed by atoms with Gasteiger partial charge < -0.3 is 9.47 Å². The van der Waals surface area contributed by atoms with E-state index >= 15 is 0 Å². The second-order valence-electron chi connectivity index (χ2n) is 5.42. The van der Waals surface area contributed by atoms with E-state index in [1.54, 1.807) is 6.07 Å². The predicted octanol–water partition coefficient (Wildman–Crippen LogP) is 3.50. The summed E-state index contributed by atoms with van der Waals surface area (Å²) in [6.07, 6.45) is 2.02. The van der Waals surface area contributed by atoms with Crippen LogP contribution in [0.4, 0.5) is 8.78 Å². The van der Waals surface area contributed by atoms with Gasteiger partial charge in [-0.25, -0.2) is 18.3 Å². The number of ether oxygens (including phenoxy) is 2. The van der Waals surface area contributed by atoms with Gasteiger partial charge in [-0.05, 0) is 12.1 Å². The minimum atomic E-state index is -0.956. The van der Waals surface area contributed by atoms with E-state index < -0.39 is 11.6 Å². The molecule has 1 atom stereocenters. The van der Waals surface area contributed by atoms with Gasteiger partial charge in [0.1, 0.15) is 11.1 Å². The van der Waals surface area contributed by atoms with Gasteiger partial charge in [0.05, 0.1) is 25.1 Å². The van der Waals surface area contributed by atoms with Gasteiger partial charge in [0.25, 0.3) is 5.88 Å². The van der Waals surface area contributed by atoms with Crippen LogP contribution in [0, 0.1) is 11.6 Å². The second kappa shape index (κ2) is 5.99. The monoisotopic (exact) mass is 351 g/mol. The molecule has 3 heterocycles. The molecule has 1 aliphatic rings. The quantitative estimate of drug-likeness (QED) is 0.724. The molecule has 0 N–H and O–H groups in total. The summed E-state index contributed by atoms with van der Waals surface area (Å²) < 4.78 is 40.0. The summed E-state index contributed by atoms with van der Waals surface area (Å²) in [5, 5.41) is 4.60. The number of imidazole rings is 1. The molecule has 0 spiro atoms. The molecule has 0 unspecified atom stereocenters. The van der Waals surface area contributed by atoms with Crippen LogP contribution in [0.3, 0.4) is 0 Å². The van der Waals surface area contributed by atoms with Crippen molar-refractivity contribution in [1.82, 2.24) is 14.6 Å². The zero-order chi connectivity index (χ0) is 16.7. The predicted molar refractivity (Wildman–Crippen MR) is 83.2 cm³/mol. The van der Waals surface area contributed by atoms with Gasteiger partial charge >= 0.3 is 0 Å². The highest BCUT2D eigenvalue weighted by Gasteiger charge is 2.21. The van der Waals surface area contributed by atoms with Crippen molar-refractivity contribution >= 4 is 17.2 Å². The van der Waals surface area contributed by atoms with Crippen LogP contribution in [0.15, 0.2) is 30.5 Å². The highest BCUT2D eigenvalue weighted by Crippen LogP contribution is 2.29. The first-order valence-electron chi connectivity index (χ1n) is 7.36. The first-order valence-corrected chi connectivity index (χ1v) is 7.74. The van der Waals surface area contributed by atoms with Crippen molar-refractivity contribution in [3.8, 4) is 17.1 Å². The Kier molecular flexibility index (Phi) is 3.82. The standard InChI is InChI=1S/C16H12ClF2N3O2/c17-11-6-14-20-7-13(10-2-1-3-12(18)15(10)19)22(14)21-16(11)24-9-4-5-23-8-9/h1-3,6-7,9H,4-5,8H2/t9-/m0/s1. The van der Waals surface area contributed by atoms with Gasteiger partial charge in [0.15, 0.2) is 17.3 Å². The van der Waals surface area contributed by atoms with Crippen LogP contribution in [0.25, 0.3) is 16.9 Å². The van der Waals surface area contributed by atoms with E-state index in [1.807, 2.05) is 0 Å². The molecule has 5 nitrogen and oxygen atoms in total. The number of fused-ring (bicyclic) bond motifs is 1. The molecule has 1 saturated heterocycles. The molecule has 8 heteroatoms. The van der Waals surface area contributed by atoms with Crippen molar-refractivity contribution < 1.29 is 18.3 Å². The SMILES string of the molecule is Fc1cccc(-c2cnc3cc(Cl)c(O[C@H]4CCOC4)nn23)c1F. The average Bonchev–Trinajstić information content (AvgIpc) is 3.20. The molecule has 0 amide bonds. The van der Waals surface area contributed by atoms with Crippen molar-refractivity contribution in [3.63, 3.8) is 0 Å². The normalized spacial score (nSPS) is 17.5. The largest absolute Gasteiger partial charge is 0.470 e. The van der Waals surface area contributed by atoms with Crippen molar-refractivity contribution in [3.05, 3.63) is 47.1 Å². The highest BCUT2D eigenvalue weighted by molar-refractivity contribution is 6.32. The Morgan fingerprint density at radius 2 is 2.21 bits per heavy atom. The maximum Gasteiger partial charge on any atom is 0.251 e. The number of hydrogen-bond donors (Lipinski definition) is 0. The molecule has 4 rings (SSSR count). The molecule has 0 bridgehead atoms. The van der Waals surface area contributed by atoms with Gasteiger partial charge in [0, 0.05) is 18.1 Å².